The van der Waals surface area contributed by atoms with E-state index in [9.17, 15) is 14.7 Å². The fourth-order valence-electron chi connectivity index (χ4n) is 2.85. The van der Waals surface area contributed by atoms with Gasteiger partial charge < -0.3 is 15.4 Å². The van der Waals surface area contributed by atoms with Crippen LogP contribution < -0.4 is 5.32 Å². The van der Waals surface area contributed by atoms with Crippen LogP contribution in [-0.2, 0) is 28.9 Å². The lowest BCUT2D eigenvalue weighted by atomic mass is 10.0. The Kier molecular flexibility index (Phi) is 3.91. The summed E-state index contributed by atoms with van der Waals surface area (Å²) in [6, 6.07) is 7.00. The molecule has 1 amide bonds. The number of rotatable bonds is 5. The minimum atomic E-state index is -1.04. The van der Waals surface area contributed by atoms with Crippen molar-refractivity contribution in [1.82, 2.24) is 15.3 Å². The Bertz CT molecular complexity index is 657. The van der Waals surface area contributed by atoms with Gasteiger partial charge in [0.15, 0.2) is 0 Å². The average Bonchev–Trinajstić information content (AvgIpc) is 3.15. The first-order chi connectivity index (χ1) is 10.6. The summed E-state index contributed by atoms with van der Waals surface area (Å²) < 4.78 is 0. The predicted molar refractivity (Wildman–Crippen MR) is 79.2 cm³/mol. The van der Waals surface area contributed by atoms with Crippen molar-refractivity contribution in [2.75, 3.05) is 0 Å². The quantitative estimate of drug-likeness (QED) is 0.765. The minimum absolute atomic E-state index is 0.194. The van der Waals surface area contributed by atoms with E-state index in [4.69, 9.17) is 0 Å². The van der Waals surface area contributed by atoms with Crippen LogP contribution in [0.15, 0.2) is 36.8 Å². The highest BCUT2D eigenvalue weighted by molar-refractivity contribution is 5.86. The Morgan fingerprint density at radius 3 is 2.55 bits per heavy atom. The van der Waals surface area contributed by atoms with Gasteiger partial charge in [0.2, 0.25) is 5.91 Å². The third-order valence-corrected chi connectivity index (χ3v) is 4.02. The summed E-state index contributed by atoms with van der Waals surface area (Å²) >= 11 is 0. The molecule has 0 unspecified atom stereocenters. The van der Waals surface area contributed by atoms with Crippen molar-refractivity contribution in [3.05, 3.63) is 53.6 Å². The average molecular weight is 299 g/mol. The van der Waals surface area contributed by atoms with E-state index < -0.39 is 12.0 Å². The van der Waals surface area contributed by atoms with Crippen LogP contribution >= 0.6 is 0 Å². The number of carboxylic acid groups (broad SMARTS) is 1. The van der Waals surface area contributed by atoms with Gasteiger partial charge in [0.1, 0.15) is 6.04 Å². The zero-order valence-corrected chi connectivity index (χ0v) is 12.0. The number of H-pyrrole nitrogens is 1. The van der Waals surface area contributed by atoms with E-state index in [1.807, 2.05) is 24.3 Å². The predicted octanol–water partition coefficient (Wildman–Crippen LogP) is 0.937. The van der Waals surface area contributed by atoms with Crippen LogP contribution in [0.4, 0.5) is 0 Å². The second-order valence-corrected chi connectivity index (χ2v) is 5.55. The smallest absolute Gasteiger partial charge is 0.326 e. The lowest BCUT2D eigenvalue weighted by molar-refractivity contribution is -0.142. The van der Waals surface area contributed by atoms with Crippen LogP contribution in [0, 0.1) is 5.92 Å². The number of carboxylic acids is 1. The van der Waals surface area contributed by atoms with E-state index in [1.165, 1.54) is 17.5 Å². The number of carbonyl (C=O) groups excluding carboxylic acids is 1. The number of aromatic nitrogens is 2. The summed E-state index contributed by atoms with van der Waals surface area (Å²) in [6.45, 7) is 0. The Labute approximate surface area is 127 Å². The van der Waals surface area contributed by atoms with E-state index in [0.29, 0.717) is 18.5 Å². The topological polar surface area (TPSA) is 95.1 Å². The van der Waals surface area contributed by atoms with Crippen molar-refractivity contribution < 1.29 is 14.7 Å². The van der Waals surface area contributed by atoms with Crippen molar-refractivity contribution in [3.8, 4) is 0 Å². The Balaban J connectivity index is 1.64. The summed E-state index contributed by atoms with van der Waals surface area (Å²) in [4.78, 5) is 30.4. The number of amides is 1. The fraction of sp³-hybridized carbons (Fsp3) is 0.312. The number of aliphatic carboxylic acids is 1. The normalized spacial score (nSPS) is 15.3. The molecule has 0 aliphatic heterocycles. The maximum Gasteiger partial charge on any atom is 0.326 e. The summed E-state index contributed by atoms with van der Waals surface area (Å²) in [5, 5.41) is 11.9. The molecule has 1 aromatic heterocycles. The molecule has 0 radical (unpaired) electrons. The van der Waals surface area contributed by atoms with Crippen LogP contribution in [-0.4, -0.2) is 33.0 Å². The first-order valence-electron chi connectivity index (χ1n) is 7.20. The number of nitrogens with zero attached hydrogens (tertiary/aromatic N) is 1. The number of fused-ring (bicyclic) bond motifs is 1. The van der Waals surface area contributed by atoms with Crippen molar-refractivity contribution in [2.45, 2.75) is 25.3 Å². The molecule has 1 aromatic carbocycles. The maximum absolute atomic E-state index is 12.4. The van der Waals surface area contributed by atoms with Crippen molar-refractivity contribution in [1.29, 1.82) is 0 Å². The van der Waals surface area contributed by atoms with Gasteiger partial charge in [-0.05, 0) is 24.0 Å². The second kappa shape index (κ2) is 6.01. The Morgan fingerprint density at radius 2 is 2.00 bits per heavy atom. The molecule has 0 saturated carbocycles. The van der Waals surface area contributed by atoms with Gasteiger partial charge in [-0.1, -0.05) is 24.3 Å². The monoisotopic (exact) mass is 299 g/mol. The Hall–Kier alpha value is -2.63. The van der Waals surface area contributed by atoms with Gasteiger partial charge in [-0.3, -0.25) is 4.79 Å². The number of carbonyl (C=O) groups is 2. The number of benzene rings is 1. The highest BCUT2D eigenvalue weighted by Gasteiger charge is 2.30. The number of hydrogen-bond acceptors (Lipinski definition) is 3. The van der Waals surface area contributed by atoms with Gasteiger partial charge in [-0.15, -0.1) is 0 Å². The van der Waals surface area contributed by atoms with Gasteiger partial charge in [-0.25, -0.2) is 9.78 Å². The number of nitrogens with one attached hydrogen (secondary N) is 2. The van der Waals surface area contributed by atoms with E-state index in [0.717, 1.165) is 0 Å². The van der Waals surface area contributed by atoms with Crippen LogP contribution in [0.1, 0.15) is 16.8 Å². The minimum Gasteiger partial charge on any atom is -0.480 e. The summed E-state index contributed by atoms with van der Waals surface area (Å²) in [5.41, 5.74) is 3.02. The standard InChI is InChI=1S/C16H17N3O3/c20-15(12-5-10-3-1-2-4-11(10)6-12)19-14(16(21)22)7-13-8-17-9-18-13/h1-4,8-9,12,14H,5-7H2,(H,17,18)(H,19,20)(H,21,22)/t14-/m0/s1. The van der Waals surface area contributed by atoms with Crippen LogP contribution in [0.5, 0.6) is 0 Å². The van der Waals surface area contributed by atoms with Gasteiger partial charge in [-0.2, -0.15) is 0 Å². The van der Waals surface area contributed by atoms with Crippen molar-refractivity contribution in [3.63, 3.8) is 0 Å². The molecule has 2 aromatic rings. The van der Waals surface area contributed by atoms with E-state index in [1.54, 1.807) is 6.20 Å². The maximum atomic E-state index is 12.4. The zero-order valence-electron chi connectivity index (χ0n) is 12.0. The molecule has 0 fully saturated rings. The van der Waals surface area contributed by atoms with Crippen molar-refractivity contribution >= 4 is 11.9 Å². The molecule has 0 bridgehead atoms. The first-order valence-corrected chi connectivity index (χ1v) is 7.20. The molecule has 3 rings (SSSR count). The van der Waals surface area contributed by atoms with E-state index in [-0.39, 0.29) is 18.2 Å². The van der Waals surface area contributed by atoms with Crippen molar-refractivity contribution in [2.24, 2.45) is 5.92 Å². The van der Waals surface area contributed by atoms with Crippen LogP contribution in [0.2, 0.25) is 0 Å². The summed E-state index contributed by atoms with van der Waals surface area (Å²) in [5.74, 6) is -1.44. The molecular formula is C16H17N3O3. The third kappa shape index (κ3) is 3.00. The summed E-state index contributed by atoms with van der Waals surface area (Å²) in [7, 11) is 0. The molecule has 1 atom stereocenters. The fourth-order valence-corrected chi connectivity index (χ4v) is 2.85. The Morgan fingerprint density at radius 1 is 1.32 bits per heavy atom. The molecule has 3 N–H and O–H groups in total. The molecule has 6 heteroatoms. The van der Waals surface area contributed by atoms with Gasteiger partial charge in [0.05, 0.1) is 6.33 Å². The SMILES string of the molecule is O=C(N[C@@H](Cc1cnc[nH]1)C(=O)O)C1Cc2ccccc2C1. The van der Waals surface area contributed by atoms with Gasteiger partial charge in [0.25, 0.3) is 0 Å². The van der Waals surface area contributed by atoms with Gasteiger partial charge >= 0.3 is 5.97 Å². The molecular weight excluding hydrogens is 282 g/mol. The zero-order chi connectivity index (χ0) is 15.5. The molecule has 1 aliphatic carbocycles. The van der Waals surface area contributed by atoms with E-state index in [2.05, 4.69) is 15.3 Å². The van der Waals surface area contributed by atoms with E-state index >= 15 is 0 Å². The second-order valence-electron chi connectivity index (χ2n) is 5.55. The van der Waals surface area contributed by atoms with Crippen LogP contribution in [0.3, 0.4) is 0 Å². The van der Waals surface area contributed by atoms with Gasteiger partial charge in [0, 0.05) is 24.2 Å². The third-order valence-electron chi connectivity index (χ3n) is 4.02. The molecule has 1 heterocycles. The first kappa shape index (κ1) is 14.3. The number of aromatic amines is 1. The summed E-state index contributed by atoms with van der Waals surface area (Å²) in [6.07, 6.45) is 4.58. The molecule has 0 saturated heterocycles. The number of hydrogen-bond donors (Lipinski definition) is 3. The lowest BCUT2D eigenvalue weighted by Crippen LogP contribution is -2.45. The van der Waals surface area contributed by atoms with Crippen LogP contribution in [0.25, 0.3) is 0 Å². The number of imidazole rings is 1. The largest absolute Gasteiger partial charge is 0.480 e. The molecule has 6 nitrogen and oxygen atoms in total. The molecule has 114 valence electrons. The molecule has 22 heavy (non-hydrogen) atoms. The lowest BCUT2D eigenvalue weighted by Gasteiger charge is -2.16. The highest BCUT2D eigenvalue weighted by atomic mass is 16.4. The highest BCUT2D eigenvalue weighted by Crippen LogP contribution is 2.26. The molecule has 1 aliphatic rings. The molecule has 0 spiro atoms.